The zero-order chi connectivity index (χ0) is 14.6. The molecule has 0 aliphatic heterocycles. The third-order valence-corrected chi connectivity index (χ3v) is 4.26. The molecular formula is C11H16F2N2O3S. The summed E-state index contributed by atoms with van der Waals surface area (Å²) < 4.78 is 53.0. The summed E-state index contributed by atoms with van der Waals surface area (Å²) in [4.78, 5) is 0. The van der Waals surface area contributed by atoms with Crippen LogP contribution in [0.25, 0.3) is 0 Å². The van der Waals surface area contributed by atoms with Crippen molar-refractivity contribution in [2.24, 2.45) is 0 Å². The quantitative estimate of drug-likeness (QED) is 0.815. The maximum absolute atomic E-state index is 13.4. The van der Waals surface area contributed by atoms with E-state index in [1.54, 1.807) is 6.92 Å². The molecule has 8 heteroatoms. The van der Waals surface area contributed by atoms with Gasteiger partial charge < -0.3 is 5.11 Å². The molecule has 1 aromatic rings. The Bertz CT molecular complexity index is 516. The Kier molecular flexibility index (Phi) is 5.36. The average Bonchev–Trinajstić information content (AvgIpc) is 2.35. The minimum atomic E-state index is -3.76. The first-order valence-electron chi connectivity index (χ1n) is 5.62. The minimum absolute atomic E-state index is 0.236. The van der Waals surface area contributed by atoms with Crippen LogP contribution in [0.4, 0.5) is 8.78 Å². The molecule has 0 amide bonds. The van der Waals surface area contributed by atoms with Crippen LogP contribution in [-0.2, 0) is 10.2 Å². The molecule has 2 N–H and O–H groups in total. The number of aliphatic hydroxyl groups is 1. The molecule has 0 saturated carbocycles. The lowest BCUT2D eigenvalue weighted by molar-refractivity contribution is 0.171. The molecule has 0 spiro atoms. The molecule has 19 heavy (non-hydrogen) atoms. The Hall–Kier alpha value is -1.09. The number of hydrogen-bond acceptors (Lipinski definition) is 3. The van der Waals surface area contributed by atoms with E-state index in [1.807, 2.05) is 0 Å². The zero-order valence-electron chi connectivity index (χ0n) is 10.6. The summed E-state index contributed by atoms with van der Waals surface area (Å²) in [6.45, 7) is 1.36. The Balaban J connectivity index is 2.79. The van der Waals surface area contributed by atoms with E-state index < -0.39 is 40.1 Å². The molecule has 0 saturated heterocycles. The van der Waals surface area contributed by atoms with Gasteiger partial charge in [-0.05, 0) is 12.1 Å². The van der Waals surface area contributed by atoms with Crippen LogP contribution in [0, 0.1) is 11.6 Å². The SMILES string of the molecule is CCN(C)S(=O)(=O)NCC(O)c1c(F)cccc1F. The first kappa shape index (κ1) is 16.0. The van der Waals surface area contributed by atoms with Crippen LogP contribution in [-0.4, -0.2) is 38.0 Å². The normalized spacial score (nSPS) is 13.8. The monoisotopic (exact) mass is 294 g/mol. The fourth-order valence-electron chi connectivity index (χ4n) is 1.40. The predicted octanol–water partition coefficient (Wildman–Crippen LogP) is 0.784. The van der Waals surface area contributed by atoms with Gasteiger partial charge in [0.1, 0.15) is 11.6 Å². The molecule has 1 unspecified atom stereocenters. The number of hydrogen-bond donors (Lipinski definition) is 2. The highest BCUT2D eigenvalue weighted by atomic mass is 32.2. The highest BCUT2D eigenvalue weighted by Crippen LogP contribution is 2.20. The topological polar surface area (TPSA) is 69.6 Å². The van der Waals surface area contributed by atoms with Crippen LogP contribution >= 0.6 is 0 Å². The van der Waals surface area contributed by atoms with Crippen molar-refractivity contribution in [1.29, 1.82) is 0 Å². The molecule has 1 rings (SSSR count). The molecule has 0 aliphatic rings. The number of rotatable bonds is 6. The molecule has 1 atom stereocenters. The van der Waals surface area contributed by atoms with Crippen LogP contribution in [0.1, 0.15) is 18.6 Å². The van der Waals surface area contributed by atoms with Crippen molar-refractivity contribution < 1.29 is 22.3 Å². The maximum atomic E-state index is 13.4. The highest BCUT2D eigenvalue weighted by Gasteiger charge is 2.21. The second-order valence-corrected chi connectivity index (χ2v) is 5.78. The fourth-order valence-corrected chi connectivity index (χ4v) is 2.32. The van der Waals surface area contributed by atoms with Crippen LogP contribution < -0.4 is 4.72 Å². The summed E-state index contributed by atoms with van der Waals surface area (Å²) >= 11 is 0. The Labute approximate surface area is 111 Å². The molecule has 0 fully saturated rings. The van der Waals surface area contributed by atoms with Gasteiger partial charge in [0.2, 0.25) is 0 Å². The van der Waals surface area contributed by atoms with Gasteiger partial charge in [0.15, 0.2) is 0 Å². The van der Waals surface area contributed by atoms with E-state index >= 15 is 0 Å². The van der Waals surface area contributed by atoms with Crippen LogP contribution in [0.15, 0.2) is 18.2 Å². The maximum Gasteiger partial charge on any atom is 0.279 e. The Morgan fingerprint density at radius 1 is 1.37 bits per heavy atom. The number of aliphatic hydroxyl groups excluding tert-OH is 1. The van der Waals surface area contributed by atoms with E-state index in [2.05, 4.69) is 4.72 Å². The van der Waals surface area contributed by atoms with Gasteiger partial charge in [0.25, 0.3) is 10.2 Å². The number of nitrogens with one attached hydrogen (secondary N) is 1. The molecule has 0 radical (unpaired) electrons. The highest BCUT2D eigenvalue weighted by molar-refractivity contribution is 7.87. The van der Waals surface area contributed by atoms with Gasteiger partial charge in [0.05, 0.1) is 11.7 Å². The lowest BCUT2D eigenvalue weighted by Crippen LogP contribution is -2.40. The first-order valence-corrected chi connectivity index (χ1v) is 7.06. The first-order chi connectivity index (χ1) is 8.79. The van der Waals surface area contributed by atoms with Crippen molar-refractivity contribution in [3.63, 3.8) is 0 Å². The fraction of sp³-hybridized carbons (Fsp3) is 0.455. The molecule has 0 heterocycles. The largest absolute Gasteiger partial charge is 0.387 e. The van der Waals surface area contributed by atoms with E-state index in [4.69, 9.17) is 0 Å². The Morgan fingerprint density at radius 2 is 1.89 bits per heavy atom. The molecule has 5 nitrogen and oxygen atoms in total. The van der Waals surface area contributed by atoms with E-state index in [1.165, 1.54) is 7.05 Å². The Morgan fingerprint density at radius 3 is 2.37 bits per heavy atom. The summed E-state index contributed by atoms with van der Waals surface area (Å²) in [5, 5.41) is 9.67. The van der Waals surface area contributed by atoms with Crippen LogP contribution in [0.2, 0.25) is 0 Å². The zero-order valence-corrected chi connectivity index (χ0v) is 11.4. The summed E-state index contributed by atoms with van der Waals surface area (Å²) in [6, 6.07) is 3.15. The van der Waals surface area contributed by atoms with Gasteiger partial charge in [0, 0.05) is 20.1 Å². The van der Waals surface area contributed by atoms with Crippen molar-refractivity contribution in [1.82, 2.24) is 9.03 Å². The van der Waals surface area contributed by atoms with Gasteiger partial charge in [-0.15, -0.1) is 0 Å². The van der Waals surface area contributed by atoms with Gasteiger partial charge in [-0.25, -0.2) is 8.78 Å². The molecule has 0 aromatic heterocycles. The van der Waals surface area contributed by atoms with Crippen LogP contribution in [0.3, 0.4) is 0 Å². The summed E-state index contributed by atoms with van der Waals surface area (Å²) in [7, 11) is -2.42. The molecule has 1 aromatic carbocycles. The predicted molar refractivity (Wildman–Crippen MR) is 66.5 cm³/mol. The molecular weight excluding hydrogens is 278 g/mol. The summed E-state index contributed by atoms with van der Waals surface area (Å²) in [5.41, 5.74) is -0.552. The lowest BCUT2D eigenvalue weighted by Gasteiger charge is -2.18. The molecule has 108 valence electrons. The van der Waals surface area contributed by atoms with Gasteiger partial charge >= 0.3 is 0 Å². The van der Waals surface area contributed by atoms with E-state index in [0.717, 1.165) is 22.5 Å². The second-order valence-electron chi connectivity index (χ2n) is 3.92. The van der Waals surface area contributed by atoms with Gasteiger partial charge in [-0.1, -0.05) is 13.0 Å². The molecule has 0 aliphatic carbocycles. The van der Waals surface area contributed by atoms with Crippen molar-refractivity contribution in [2.45, 2.75) is 13.0 Å². The van der Waals surface area contributed by atoms with Gasteiger partial charge in [-0.2, -0.15) is 17.4 Å². The van der Waals surface area contributed by atoms with E-state index in [-0.39, 0.29) is 6.54 Å². The lowest BCUT2D eigenvalue weighted by atomic mass is 10.1. The summed E-state index contributed by atoms with van der Waals surface area (Å²) in [6.07, 6.45) is -1.60. The van der Waals surface area contributed by atoms with E-state index in [9.17, 15) is 22.3 Å². The van der Waals surface area contributed by atoms with E-state index in [0.29, 0.717) is 0 Å². The van der Waals surface area contributed by atoms with Crippen LogP contribution in [0.5, 0.6) is 0 Å². The van der Waals surface area contributed by atoms with Crippen molar-refractivity contribution >= 4 is 10.2 Å². The third-order valence-electron chi connectivity index (χ3n) is 2.65. The average molecular weight is 294 g/mol. The second kappa shape index (κ2) is 6.38. The number of nitrogens with zero attached hydrogens (tertiary/aromatic N) is 1. The smallest absolute Gasteiger partial charge is 0.279 e. The number of benzene rings is 1. The van der Waals surface area contributed by atoms with Crippen molar-refractivity contribution in [2.75, 3.05) is 20.1 Å². The molecule has 0 bridgehead atoms. The van der Waals surface area contributed by atoms with Gasteiger partial charge in [-0.3, -0.25) is 0 Å². The minimum Gasteiger partial charge on any atom is -0.387 e. The number of halogens is 2. The third kappa shape index (κ3) is 3.93. The summed E-state index contributed by atoms with van der Waals surface area (Å²) in [5.74, 6) is -1.84. The standard InChI is InChI=1S/C11H16F2N2O3S/c1-3-15(2)19(17,18)14-7-10(16)11-8(12)5-4-6-9(11)13/h4-6,10,14,16H,3,7H2,1-2H3. The van der Waals surface area contributed by atoms with Crippen molar-refractivity contribution in [3.8, 4) is 0 Å². The van der Waals surface area contributed by atoms with Crippen molar-refractivity contribution in [3.05, 3.63) is 35.4 Å².